The highest BCUT2D eigenvalue weighted by Gasteiger charge is 1.92. The van der Waals surface area contributed by atoms with E-state index in [0.29, 0.717) is 6.42 Å². The molecular weight excluding hydrogens is 92.1 g/mol. The van der Waals surface area contributed by atoms with Gasteiger partial charge in [-0.2, -0.15) is 0 Å². The molecule has 0 aromatic heterocycles. The van der Waals surface area contributed by atoms with Gasteiger partial charge >= 0.3 is 0 Å². The Bertz CT molecular complexity index is 72.1. The summed E-state index contributed by atoms with van der Waals surface area (Å²) in [6, 6.07) is 0. The second kappa shape index (κ2) is 3.49. The molecule has 1 atom stereocenters. The lowest BCUT2D eigenvalue weighted by Gasteiger charge is -1.91. The van der Waals surface area contributed by atoms with Gasteiger partial charge in [0.25, 0.3) is 0 Å². The van der Waals surface area contributed by atoms with Crippen molar-refractivity contribution in [3.8, 4) is 0 Å². The van der Waals surface area contributed by atoms with E-state index < -0.39 is 6.17 Å². The fourth-order valence-corrected chi connectivity index (χ4v) is 0.214. The number of hydrogen-bond acceptors (Lipinski definition) is 3. The molecule has 0 saturated heterocycles. The summed E-state index contributed by atoms with van der Waals surface area (Å²) in [5, 5.41) is 2.53. The van der Waals surface area contributed by atoms with E-state index >= 15 is 0 Å². The molecule has 0 bridgehead atoms. The van der Waals surface area contributed by atoms with Gasteiger partial charge in [-0.25, -0.2) is 0 Å². The second-order valence-electron chi connectivity index (χ2n) is 1.20. The molecule has 0 aromatic carbocycles. The van der Waals surface area contributed by atoms with Gasteiger partial charge in [0.2, 0.25) is 0 Å². The highest BCUT2D eigenvalue weighted by atomic mass is 16.3. The molecule has 1 unspecified atom stereocenters. The van der Waals surface area contributed by atoms with Crippen molar-refractivity contribution in [2.24, 2.45) is 10.9 Å². The molecular formula is C4H8N2O. The molecule has 0 aliphatic rings. The summed E-state index contributed by atoms with van der Waals surface area (Å²) in [5.74, 6) is 0. The molecule has 3 heteroatoms. The number of nitrogens with two attached hydrogens (primary N) is 1. The van der Waals surface area contributed by atoms with Crippen molar-refractivity contribution in [3.05, 3.63) is 17.6 Å². The van der Waals surface area contributed by atoms with Gasteiger partial charge in [-0.3, -0.25) is 0 Å². The summed E-state index contributed by atoms with van der Waals surface area (Å²) in [7, 11) is 0. The highest BCUT2D eigenvalue weighted by molar-refractivity contribution is 4.72. The van der Waals surface area contributed by atoms with E-state index in [9.17, 15) is 4.91 Å². The first-order valence-corrected chi connectivity index (χ1v) is 2.00. The first-order valence-electron chi connectivity index (χ1n) is 2.00. The molecule has 7 heavy (non-hydrogen) atoms. The van der Waals surface area contributed by atoms with Crippen molar-refractivity contribution in [1.82, 2.24) is 0 Å². The number of nitroso groups, excluding NO2 is 1. The quantitative estimate of drug-likeness (QED) is 0.417. The molecule has 0 fully saturated rings. The van der Waals surface area contributed by atoms with E-state index in [2.05, 4.69) is 11.8 Å². The van der Waals surface area contributed by atoms with E-state index in [4.69, 9.17) is 5.73 Å². The third-order valence-corrected chi connectivity index (χ3v) is 0.544. The molecule has 0 saturated carbocycles. The Morgan fingerprint density at radius 2 is 2.57 bits per heavy atom. The highest BCUT2D eigenvalue weighted by Crippen LogP contribution is 1.86. The zero-order valence-electron chi connectivity index (χ0n) is 4.00. The van der Waals surface area contributed by atoms with Crippen LogP contribution in [0.25, 0.3) is 0 Å². The molecule has 0 aliphatic heterocycles. The van der Waals surface area contributed by atoms with Crippen LogP contribution in [0.2, 0.25) is 0 Å². The topological polar surface area (TPSA) is 55.4 Å². The Labute approximate surface area is 42.2 Å². The van der Waals surface area contributed by atoms with Crippen LogP contribution in [-0.4, -0.2) is 6.17 Å². The van der Waals surface area contributed by atoms with Crippen molar-refractivity contribution < 1.29 is 0 Å². The number of hydrogen-bond donors (Lipinski definition) is 1. The number of rotatable bonds is 3. The zero-order chi connectivity index (χ0) is 5.70. The summed E-state index contributed by atoms with van der Waals surface area (Å²) in [6.45, 7) is 3.37. The van der Waals surface area contributed by atoms with E-state index in [1.165, 1.54) is 0 Å². The Balaban J connectivity index is 3.15. The molecule has 2 N–H and O–H groups in total. The first-order chi connectivity index (χ1) is 3.31. The van der Waals surface area contributed by atoms with Gasteiger partial charge in [0, 0.05) is 6.42 Å². The third kappa shape index (κ3) is 3.12. The number of nitrogens with zero attached hydrogens (tertiary/aromatic N) is 1. The van der Waals surface area contributed by atoms with Crippen LogP contribution in [0.4, 0.5) is 0 Å². The molecule has 0 rings (SSSR count). The van der Waals surface area contributed by atoms with Gasteiger partial charge in [-0.1, -0.05) is 11.3 Å². The van der Waals surface area contributed by atoms with Crippen molar-refractivity contribution in [2.75, 3.05) is 0 Å². The maximum Gasteiger partial charge on any atom is 0.143 e. The van der Waals surface area contributed by atoms with Crippen molar-refractivity contribution >= 4 is 0 Å². The Kier molecular flexibility index (Phi) is 3.14. The lowest BCUT2D eigenvalue weighted by Crippen LogP contribution is -2.13. The van der Waals surface area contributed by atoms with E-state index in [0.717, 1.165) is 0 Å². The normalized spacial score (nSPS) is 12.7. The summed E-state index contributed by atoms with van der Waals surface area (Å²) in [5.41, 5.74) is 5.03. The van der Waals surface area contributed by atoms with E-state index in [-0.39, 0.29) is 0 Å². The lowest BCUT2D eigenvalue weighted by molar-refractivity contribution is 0.717. The molecule has 0 radical (unpaired) electrons. The van der Waals surface area contributed by atoms with E-state index in [1.807, 2.05) is 0 Å². The smallest absolute Gasteiger partial charge is 0.143 e. The average Bonchev–Trinajstić information content (AvgIpc) is 1.68. The van der Waals surface area contributed by atoms with Crippen LogP contribution in [0.15, 0.2) is 17.8 Å². The van der Waals surface area contributed by atoms with Crippen molar-refractivity contribution in [2.45, 2.75) is 12.6 Å². The van der Waals surface area contributed by atoms with Crippen LogP contribution in [0.5, 0.6) is 0 Å². The van der Waals surface area contributed by atoms with Gasteiger partial charge in [0.1, 0.15) is 6.17 Å². The fourth-order valence-electron chi connectivity index (χ4n) is 0.214. The SMILES string of the molecule is C=CCC(N)N=O. The minimum Gasteiger partial charge on any atom is -0.307 e. The molecule has 40 valence electrons. The second-order valence-corrected chi connectivity index (χ2v) is 1.20. The minimum atomic E-state index is -0.600. The molecule has 3 nitrogen and oxygen atoms in total. The molecule has 0 aromatic rings. The van der Waals surface area contributed by atoms with Crippen LogP contribution in [0.1, 0.15) is 6.42 Å². The maximum absolute atomic E-state index is 9.47. The van der Waals surface area contributed by atoms with Gasteiger partial charge in [0.05, 0.1) is 0 Å². The van der Waals surface area contributed by atoms with Crippen LogP contribution >= 0.6 is 0 Å². The maximum atomic E-state index is 9.47. The van der Waals surface area contributed by atoms with Crippen LogP contribution in [0, 0.1) is 4.91 Å². The fraction of sp³-hybridized carbons (Fsp3) is 0.500. The largest absolute Gasteiger partial charge is 0.307 e. The molecule has 0 heterocycles. The standard InChI is InChI=1S/C4H8N2O/c1-2-3-4(5)6-7/h2,4H,1,3,5H2. The van der Waals surface area contributed by atoms with Crippen molar-refractivity contribution in [3.63, 3.8) is 0 Å². The Morgan fingerprint density at radius 1 is 2.00 bits per heavy atom. The van der Waals surface area contributed by atoms with Gasteiger partial charge < -0.3 is 5.73 Å². The third-order valence-electron chi connectivity index (χ3n) is 0.544. The molecule has 0 spiro atoms. The average molecular weight is 100 g/mol. The summed E-state index contributed by atoms with van der Waals surface area (Å²) < 4.78 is 0. The Morgan fingerprint density at radius 3 is 2.71 bits per heavy atom. The zero-order valence-corrected chi connectivity index (χ0v) is 4.00. The van der Waals surface area contributed by atoms with Crippen LogP contribution in [-0.2, 0) is 0 Å². The van der Waals surface area contributed by atoms with Crippen LogP contribution < -0.4 is 5.73 Å². The van der Waals surface area contributed by atoms with Gasteiger partial charge in [0.15, 0.2) is 0 Å². The van der Waals surface area contributed by atoms with Crippen LogP contribution in [0.3, 0.4) is 0 Å². The monoisotopic (exact) mass is 100 g/mol. The Hall–Kier alpha value is -0.700. The predicted octanol–water partition coefficient (Wildman–Crippen LogP) is 0.614. The first kappa shape index (κ1) is 6.30. The summed E-state index contributed by atoms with van der Waals surface area (Å²) >= 11 is 0. The van der Waals surface area contributed by atoms with E-state index in [1.54, 1.807) is 6.08 Å². The van der Waals surface area contributed by atoms with Gasteiger partial charge in [-0.15, -0.1) is 11.5 Å². The lowest BCUT2D eigenvalue weighted by atomic mass is 10.4. The van der Waals surface area contributed by atoms with Gasteiger partial charge in [-0.05, 0) is 0 Å². The summed E-state index contributed by atoms with van der Waals surface area (Å²) in [4.78, 5) is 9.47. The molecule has 0 amide bonds. The minimum absolute atomic E-state index is 0.462. The summed E-state index contributed by atoms with van der Waals surface area (Å²) in [6.07, 6.45) is 1.42. The molecule has 0 aliphatic carbocycles. The van der Waals surface area contributed by atoms with Crippen molar-refractivity contribution in [1.29, 1.82) is 0 Å². The predicted molar refractivity (Wildman–Crippen MR) is 28.6 cm³/mol.